The zero-order valence-electron chi connectivity index (χ0n) is 10.2. The monoisotopic (exact) mass is 333 g/mol. The van der Waals surface area contributed by atoms with Crippen molar-refractivity contribution in [3.8, 4) is 17.1 Å². The van der Waals surface area contributed by atoms with Gasteiger partial charge in [0.1, 0.15) is 11.5 Å². The second-order valence-corrected chi connectivity index (χ2v) is 5.05. The summed E-state index contributed by atoms with van der Waals surface area (Å²) in [5, 5.41) is 11.4. The molecule has 0 aliphatic carbocycles. The van der Waals surface area contributed by atoms with Gasteiger partial charge in [0.25, 0.3) is 0 Å². The standard InChI is InChI=1S/C13H9BrFN5/c14-9-3-6-12(11(15)7-9)20-13(17-18-19-20)8-1-4-10(16)5-2-8/h1-7H,16H2. The minimum absolute atomic E-state index is 0.282. The van der Waals surface area contributed by atoms with E-state index < -0.39 is 5.82 Å². The molecule has 7 heteroatoms. The van der Waals surface area contributed by atoms with Crippen molar-refractivity contribution in [3.05, 3.63) is 52.8 Å². The molecule has 0 fully saturated rings. The van der Waals surface area contributed by atoms with Gasteiger partial charge in [-0.05, 0) is 52.9 Å². The van der Waals surface area contributed by atoms with E-state index >= 15 is 0 Å². The molecule has 2 N–H and O–H groups in total. The number of tetrazole rings is 1. The molecule has 0 aliphatic rings. The Morgan fingerprint density at radius 3 is 2.55 bits per heavy atom. The fraction of sp³-hybridized carbons (Fsp3) is 0. The summed E-state index contributed by atoms with van der Waals surface area (Å²) < 4.78 is 16.0. The van der Waals surface area contributed by atoms with Crippen LogP contribution >= 0.6 is 15.9 Å². The molecule has 0 saturated carbocycles. The van der Waals surface area contributed by atoms with Gasteiger partial charge >= 0.3 is 0 Å². The van der Waals surface area contributed by atoms with Crippen LogP contribution in [-0.2, 0) is 0 Å². The number of anilines is 1. The highest BCUT2D eigenvalue weighted by Gasteiger charge is 2.14. The average Bonchev–Trinajstić information content (AvgIpc) is 2.88. The summed E-state index contributed by atoms with van der Waals surface area (Å²) >= 11 is 3.22. The second kappa shape index (κ2) is 5.01. The third-order valence-electron chi connectivity index (χ3n) is 2.78. The van der Waals surface area contributed by atoms with Crippen molar-refractivity contribution in [1.82, 2.24) is 20.2 Å². The molecule has 2 aromatic carbocycles. The third-order valence-corrected chi connectivity index (χ3v) is 3.27. The number of hydrogen-bond acceptors (Lipinski definition) is 4. The highest BCUT2D eigenvalue weighted by molar-refractivity contribution is 9.10. The van der Waals surface area contributed by atoms with Gasteiger partial charge < -0.3 is 5.73 Å². The van der Waals surface area contributed by atoms with Crippen molar-refractivity contribution in [2.75, 3.05) is 5.73 Å². The van der Waals surface area contributed by atoms with Gasteiger partial charge in [0.05, 0.1) is 0 Å². The minimum atomic E-state index is -0.414. The van der Waals surface area contributed by atoms with E-state index in [1.165, 1.54) is 10.7 Å². The van der Waals surface area contributed by atoms with Crippen LogP contribution in [0.25, 0.3) is 17.1 Å². The van der Waals surface area contributed by atoms with E-state index in [-0.39, 0.29) is 5.69 Å². The van der Waals surface area contributed by atoms with Crippen molar-refractivity contribution < 1.29 is 4.39 Å². The molecule has 0 unspecified atom stereocenters. The van der Waals surface area contributed by atoms with E-state index in [1.54, 1.807) is 36.4 Å². The molecule has 1 aromatic heterocycles. The zero-order valence-corrected chi connectivity index (χ0v) is 11.7. The van der Waals surface area contributed by atoms with E-state index in [2.05, 4.69) is 31.5 Å². The van der Waals surface area contributed by atoms with Crippen LogP contribution in [0.5, 0.6) is 0 Å². The zero-order chi connectivity index (χ0) is 14.1. The number of nitrogen functional groups attached to an aromatic ring is 1. The van der Waals surface area contributed by atoms with E-state index in [0.29, 0.717) is 16.0 Å². The van der Waals surface area contributed by atoms with Crippen LogP contribution < -0.4 is 5.73 Å². The van der Waals surface area contributed by atoms with Crippen molar-refractivity contribution in [2.24, 2.45) is 0 Å². The number of aromatic nitrogens is 4. The number of nitrogens with zero attached hydrogens (tertiary/aromatic N) is 4. The summed E-state index contributed by atoms with van der Waals surface area (Å²) in [6.45, 7) is 0. The predicted molar refractivity (Wildman–Crippen MR) is 76.7 cm³/mol. The molecule has 100 valence electrons. The summed E-state index contributed by atoms with van der Waals surface area (Å²) in [6.07, 6.45) is 0. The topological polar surface area (TPSA) is 69.6 Å². The molecule has 0 radical (unpaired) electrons. The molecule has 0 bridgehead atoms. The van der Waals surface area contributed by atoms with Gasteiger partial charge in [-0.25, -0.2) is 4.39 Å². The maximum Gasteiger partial charge on any atom is 0.187 e. The maximum atomic E-state index is 14.0. The van der Waals surface area contributed by atoms with Gasteiger partial charge in [-0.3, -0.25) is 0 Å². The van der Waals surface area contributed by atoms with Crippen molar-refractivity contribution >= 4 is 21.6 Å². The maximum absolute atomic E-state index is 14.0. The fourth-order valence-corrected chi connectivity index (χ4v) is 2.15. The summed E-state index contributed by atoms with van der Waals surface area (Å²) in [6, 6.07) is 11.8. The number of halogens is 2. The van der Waals surface area contributed by atoms with E-state index in [0.717, 1.165) is 5.56 Å². The molecule has 0 spiro atoms. The van der Waals surface area contributed by atoms with Gasteiger partial charge in [0.2, 0.25) is 0 Å². The van der Waals surface area contributed by atoms with Crippen LogP contribution in [0.1, 0.15) is 0 Å². The van der Waals surface area contributed by atoms with E-state index in [9.17, 15) is 4.39 Å². The Kier molecular flexibility index (Phi) is 3.19. The normalized spacial score (nSPS) is 10.7. The van der Waals surface area contributed by atoms with Crippen LogP contribution in [0.3, 0.4) is 0 Å². The first kappa shape index (κ1) is 12.7. The Balaban J connectivity index is 2.12. The lowest BCUT2D eigenvalue weighted by Gasteiger charge is -2.06. The Labute approximate surface area is 122 Å². The van der Waals surface area contributed by atoms with Gasteiger partial charge in [0, 0.05) is 15.7 Å². The van der Waals surface area contributed by atoms with Crippen LogP contribution in [0.15, 0.2) is 46.9 Å². The Bertz CT molecular complexity index is 754. The fourth-order valence-electron chi connectivity index (χ4n) is 1.81. The molecule has 3 aromatic rings. The molecule has 0 atom stereocenters. The van der Waals surface area contributed by atoms with E-state index in [4.69, 9.17) is 5.73 Å². The quantitative estimate of drug-likeness (QED) is 0.732. The largest absolute Gasteiger partial charge is 0.399 e. The molecule has 3 rings (SSSR count). The van der Waals surface area contributed by atoms with Crippen molar-refractivity contribution in [3.63, 3.8) is 0 Å². The third kappa shape index (κ3) is 2.27. The number of benzene rings is 2. The van der Waals surface area contributed by atoms with Crippen molar-refractivity contribution in [2.45, 2.75) is 0 Å². The van der Waals surface area contributed by atoms with Gasteiger partial charge in [-0.15, -0.1) is 5.10 Å². The molecular formula is C13H9BrFN5. The number of rotatable bonds is 2. The van der Waals surface area contributed by atoms with Gasteiger partial charge in [0.15, 0.2) is 5.82 Å². The number of nitrogens with two attached hydrogens (primary N) is 1. The van der Waals surface area contributed by atoms with Crippen LogP contribution in [-0.4, -0.2) is 20.2 Å². The Morgan fingerprint density at radius 1 is 1.10 bits per heavy atom. The Hall–Kier alpha value is -2.28. The molecule has 0 aliphatic heterocycles. The average molecular weight is 334 g/mol. The summed E-state index contributed by atoms with van der Waals surface area (Å²) in [5.41, 5.74) is 7.33. The first-order chi connectivity index (χ1) is 9.65. The summed E-state index contributed by atoms with van der Waals surface area (Å²) in [5.74, 6) is 0.0367. The lowest BCUT2D eigenvalue weighted by Crippen LogP contribution is -2.02. The molecule has 1 heterocycles. The lowest BCUT2D eigenvalue weighted by molar-refractivity contribution is 0.607. The first-order valence-corrected chi connectivity index (χ1v) is 6.54. The first-order valence-electron chi connectivity index (χ1n) is 5.75. The van der Waals surface area contributed by atoms with Crippen molar-refractivity contribution in [1.29, 1.82) is 0 Å². The molecular weight excluding hydrogens is 325 g/mol. The van der Waals surface area contributed by atoms with Gasteiger partial charge in [-0.2, -0.15) is 4.68 Å². The van der Waals surface area contributed by atoms with Crippen LogP contribution in [0.2, 0.25) is 0 Å². The predicted octanol–water partition coefficient (Wildman–Crippen LogP) is 2.81. The van der Waals surface area contributed by atoms with Crippen LogP contribution in [0.4, 0.5) is 10.1 Å². The van der Waals surface area contributed by atoms with Gasteiger partial charge in [-0.1, -0.05) is 15.9 Å². The SMILES string of the molecule is Nc1ccc(-c2nnnn2-c2ccc(Br)cc2F)cc1. The minimum Gasteiger partial charge on any atom is -0.399 e. The smallest absolute Gasteiger partial charge is 0.187 e. The number of hydrogen-bond donors (Lipinski definition) is 1. The highest BCUT2D eigenvalue weighted by atomic mass is 79.9. The summed E-state index contributed by atoms with van der Waals surface area (Å²) in [7, 11) is 0. The summed E-state index contributed by atoms with van der Waals surface area (Å²) in [4.78, 5) is 0. The molecule has 0 amide bonds. The Morgan fingerprint density at radius 2 is 1.85 bits per heavy atom. The molecule has 5 nitrogen and oxygen atoms in total. The highest BCUT2D eigenvalue weighted by Crippen LogP contribution is 2.23. The van der Waals surface area contributed by atoms with E-state index in [1.807, 2.05) is 0 Å². The lowest BCUT2D eigenvalue weighted by atomic mass is 10.2. The molecule has 0 saturated heterocycles. The molecule has 20 heavy (non-hydrogen) atoms. The van der Waals surface area contributed by atoms with Crippen LogP contribution in [0, 0.1) is 5.82 Å². The second-order valence-electron chi connectivity index (χ2n) is 4.13.